The molecule has 15 nitrogen and oxygen atoms in total. The fraction of sp³-hybridized carbons (Fsp3) is 0.308. The Morgan fingerprint density at radius 2 is 1.65 bits per heavy atom. The van der Waals surface area contributed by atoms with Crippen LogP contribution in [0.15, 0.2) is 66.7 Å². The van der Waals surface area contributed by atoms with Crippen LogP contribution in [0.1, 0.15) is 72.4 Å². The molecule has 0 spiro atoms. The molecule has 16 heteroatoms. The number of hydrogen-bond acceptors (Lipinski definition) is 10. The molecule has 4 aromatic rings. The molecule has 2 fully saturated rings. The molecule has 5 heterocycles. The van der Waals surface area contributed by atoms with E-state index in [0.717, 1.165) is 33.5 Å². The minimum atomic E-state index is -1.12. The zero-order valence-electron chi connectivity index (χ0n) is 29.8. The van der Waals surface area contributed by atoms with Crippen molar-refractivity contribution in [2.75, 3.05) is 43.5 Å². The number of rotatable bonds is 9. The summed E-state index contributed by atoms with van der Waals surface area (Å²) in [5.74, 6) is -3.39. The van der Waals surface area contributed by atoms with Crippen molar-refractivity contribution >= 4 is 46.9 Å². The van der Waals surface area contributed by atoms with Crippen LogP contribution in [-0.4, -0.2) is 99.7 Å². The lowest BCUT2D eigenvalue weighted by atomic mass is 10.0. The number of aromatic nitrogens is 2. The number of hydrogen-bond donors (Lipinski definition) is 3. The molecule has 4 aliphatic heterocycles. The SMILES string of the molecule is CO[C@@H](C(=O)N1Cc2[nH]nc(NC(=O)c3ccc(N4CCN(Cc5cc6c(cc5F)C(=O)N(C5CCC(=O)NC5=O)C6=O)CC4)cc3)c2C1)c1ccccc1. The minimum absolute atomic E-state index is 0.000812. The number of benzene rings is 3. The van der Waals surface area contributed by atoms with Gasteiger partial charge in [0, 0.05) is 68.6 Å². The molecular weight excluding hydrogens is 711 g/mol. The highest BCUT2D eigenvalue weighted by Crippen LogP contribution is 2.32. The van der Waals surface area contributed by atoms with E-state index in [9.17, 15) is 28.8 Å². The number of anilines is 2. The number of carbonyl (C=O) groups excluding carboxylic acids is 6. The van der Waals surface area contributed by atoms with Crippen molar-refractivity contribution in [3.8, 4) is 0 Å². The fourth-order valence-corrected chi connectivity index (χ4v) is 7.64. The number of fused-ring (bicyclic) bond motifs is 2. The molecule has 4 aliphatic rings. The van der Waals surface area contributed by atoms with Gasteiger partial charge in [-0.15, -0.1) is 0 Å². The number of piperidine rings is 1. The first-order valence-corrected chi connectivity index (χ1v) is 17.9. The lowest BCUT2D eigenvalue weighted by Crippen LogP contribution is -2.54. The Hall–Kier alpha value is -6.26. The number of halogens is 1. The molecule has 1 aromatic heterocycles. The van der Waals surface area contributed by atoms with Crippen LogP contribution in [0.3, 0.4) is 0 Å². The lowest BCUT2D eigenvalue weighted by molar-refractivity contribution is -0.143. The normalized spacial score (nSPS) is 19.0. The van der Waals surface area contributed by atoms with Crippen LogP contribution in [-0.2, 0) is 38.8 Å². The molecule has 55 heavy (non-hydrogen) atoms. The van der Waals surface area contributed by atoms with Crippen LogP contribution < -0.4 is 15.5 Å². The van der Waals surface area contributed by atoms with Gasteiger partial charge in [0.05, 0.1) is 29.9 Å². The van der Waals surface area contributed by atoms with E-state index in [2.05, 4.69) is 30.6 Å². The number of nitrogens with one attached hydrogen (secondary N) is 3. The number of amides is 6. The van der Waals surface area contributed by atoms with Crippen molar-refractivity contribution in [3.63, 3.8) is 0 Å². The molecule has 2 atom stereocenters. The fourth-order valence-electron chi connectivity index (χ4n) is 7.64. The quantitative estimate of drug-likeness (QED) is 0.216. The summed E-state index contributed by atoms with van der Waals surface area (Å²) in [6.07, 6.45) is -0.723. The predicted molar refractivity (Wildman–Crippen MR) is 194 cm³/mol. The van der Waals surface area contributed by atoms with E-state index in [1.807, 2.05) is 42.5 Å². The minimum Gasteiger partial charge on any atom is -0.369 e. The maximum atomic E-state index is 15.3. The topological polar surface area (TPSA) is 177 Å². The van der Waals surface area contributed by atoms with Crippen molar-refractivity contribution in [3.05, 3.63) is 112 Å². The Bertz CT molecular complexity index is 2220. The van der Waals surface area contributed by atoms with Crippen molar-refractivity contribution in [2.45, 2.75) is 44.6 Å². The zero-order valence-corrected chi connectivity index (χ0v) is 29.8. The van der Waals surface area contributed by atoms with Gasteiger partial charge >= 0.3 is 0 Å². The summed E-state index contributed by atoms with van der Waals surface area (Å²) < 4.78 is 20.8. The van der Waals surface area contributed by atoms with Crippen LogP contribution in [0.25, 0.3) is 0 Å². The molecule has 3 N–H and O–H groups in total. The van der Waals surface area contributed by atoms with Gasteiger partial charge in [0.15, 0.2) is 11.9 Å². The number of imide groups is 2. The van der Waals surface area contributed by atoms with Crippen molar-refractivity contribution < 1.29 is 37.9 Å². The van der Waals surface area contributed by atoms with Gasteiger partial charge in [0.25, 0.3) is 23.6 Å². The number of H-pyrrole nitrogens is 1. The number of methoxy groups -OCH3 is 1. The van der Waals surface area contributed by atoms with Crippen LogP contribution in [0.4, 0.5) is 15.9 Å². The Balaban J connectivity index is 0.850. The molecule has 0 bridgehead atoms. The molecule has 0 saturated carbocycles. The highest BCUT2D eigenvalue weighted by Gasteiger charge is 2.45. The van der Waals surface area contributed by atoms with Gasteiger partial charge in [0.2, 0.25) is 11.8 Å². The molecule has 3 aromatic carbocycles. The number of carbonyl (C=O) groups is 6. The summed E-state index contributed by atoms with van der Waals surface area (Å²) in [7, 11) is 1.50. The maximum Gasteiger partial charge on any atom is 0.262 e. The summed E-state index contributed by atoms with van der Waals surface area (Å²) in [5, 5.41) is 12.3. The second-order valence-corrected chi connectivity index (χ2v) is 14.0. The summed E-state index contributed by atoms with van der Waals surface area (Å²) >= 11 is 0. The first kappa shape index (κ1) is 35.8. The molecule has 6 amide bonds. The van der Waals surface area contributed by atoms with Gasteiger partial charge in [0.1, 0.15) is 11.9 Å². The predicted octanol–water partition coefficient (Wildman–Crippen LogP) is 2.75. The number of piperazine rings is 1. The average Bonchev–Trinajstić information content (AvgIpc) is 3.85. The van der Waals surface area contributed by atoms with Crippen LogP contribution >= 0.6 is 0 Å². The molecule has 0 aliphatic carbocycles. The van der Waals surface area contributed by atoms with E-state index in [1.165, 1.54) is 13.2 Å². The van der Waals surface area contributed by atoms with Crippen LogP contribution in [0, 0.1) is 5.82 Å². The van der Waals surface area contributed by atoms with Crippen molar-refractivity contribution in [1.29, 1.82) is 0 Å². The smallest absolute Gasteiger partial charge is 0.262 e. The monoisotopic (exact) mass is 748 g/mol. The molecular formula is C39H37FN8O7. The summed E-state index contributed by atoms with van der Waals surface area (Å²) in [6.45, 7) is 3.25. The lowest BCUT2D eigenvalue weighted by Gasteiger charge is -2.36. The second-order valence-electron chi connectivity index (χ2n) is 14.0. The van der Waals surface area contributed by atoms with E-state index < -0.39 is 41.6 Å². The van der Waals surface area contributed by atoms with Gasteiger partial charge in [-0.3, -0.25) is 49.0 Å². The third kappa shape index (κ3) is 6.74. The summed E-state index contributed by atoms with van der Waals surface area (Å²) in [4.78, 5) is 83.5. The highest BCUT2D eigenvalue weighted by molar-refractivity contribution is 6.23. The molecule has 8 rings (SSSR count). The average molecular weight is 749 g/mol. The van der Waals surface area contributed by atoms with Crippen LogP contribution in [0.5, 0.6) is 0 Å². The molecule has 0 radical (unpaired) electrons. The molecule has 282 valence electrons. The van der Waals surface area contributed by atoms with Gasteiger partial charge in [-0.25, -0.2) is 4.39 Å². The second kappa shape index (κ2) is 14.5. The van der Waals surface area contributed by atoms with E-state index in [4.69, 9.17) is 4.74 Å². The van der Waals surface area contributed by atoms with Gasteiger partial charge < -0.3 is 19.9 Å². The first-order chi connectivity index (χ1) is 26.6. The summed E-state index contributed by atoms with van der Waals surface area (Å²) in [5.41, 5.74) is 3.82. The van der Waals surface area contributed by atoms with Gasteiger partial charge in [-0.05, 0) is 48.4 Å². The summed E-state index contributed by atoms with van der Waals surface area (Å²) in [6, 6.07) is 17.8. The van der Waals surface area contributed by atoms with Crippen molar-refractivity contribution in [1.82, 2.24) is 30.2 Å². The third-order valence-corrected chi connectivity index (χ3v) is 10.6. The highest BCUT2D eigenvalue weighted by atomic mass is 19.1. The van der Waals surface area contributed by atoms with Gasteiger partial charge in [-0.2, -0.15) is 5.10 Å². The standard InChI is InChI=1S/C39H37FN8O7/c1-55-33(22-5-3-2-4-6-22)39(54)47-20-28-30(21-47)43-44-34(28)42-35(50)23-7-9-25(10-8-23)46-15-13-45(14-16-46)19-24-17-26-27(18-29(24)40)38(53)48(37(26)52)31-11-12-32(49)41-36(31)51/h2-10,17-18,31,33H,11-16,19-21H2,1H3,(H,41,49,51)(H2,42,43,44,50)/t31?,33-/m1/s1. The Morgan fingerprint density at radius 1 is 0.945 bits per heavy atom. The Morgan fingerprint density at radius 3 is 2.35 bits per heavy atom. The maximum absolute atomic E-state index is 15.3. The zero-order chi connectivity index (χ0) is 38.4. The first-order valence-electron chi connectivity index (χ1n) is 17.9. The molecule has 2 saturated heterocycles. The largest absolute Gasteiger partial charge is 0.369 e. The van der Waals surface area contributed by atoms with Crippen molar-refractivity contribution in [2.24, 2.45) is 0 Å². The third-order valence-electron chi connectivity index (χ3n) is 10.6. The number of ether oxygens (including phenoxy) is 1. The molecule has 1 unspecified atom stereocenters. The van der Waals surface area contributed by atoms with E-state index in [0.29, 0.717) is 44.1 Å². The number of nitrogens with zero attached hydrogens (tertiary/aromatic N) is 5. The van der Waals surface area contributed by atoms with E-state index >= 15 is 4.39 Å². The Kier molecular flexibility index (Phi) is 9.44. The van der Waals surface area contributed by atoms with E-state index in [-0.39, 0.29) is 54.4 Å². The number of aromatic amines is 1. The van der Waals surface area contributed by atoms with Gasteiger partial charge in [-0.1, -0.05) is 30.3 Å². The Labute approximate surface area is 314 Å². The van der Waals surface area contributed by atoms with E-state index in [1.54, 1.807) is 17.0 Å². The van der Waals surface area contributed by atoms with Crippen LogP contribution in [0.2, 0.25) is 0 Å².